The summed E-state index contributed by atoms with van der Waals surface area (Å²) in [5.74, 6) is -0.950. The average molecular weight is 265 g/mol. The van der Waals surface area contributed by atoms with Crippen LogP contribution in [0.3, 0.4) is 0 Å². The Labute approximate surface area is 112 Å². The summed E-state index contributed by atoms with van der Waals surface area (Å²) >= 11 is 0. The molecule has 1 saturated carbocycles. The molecule has 0 aromatic heterocycles. The largest absolute Gasteiger partial charge is 0.480 e. The highest BCUT2D eigenvalue weighted by Gasteiger charge is 2.48. The molecule has 0 spiro atoms. The number of hydrogen-bond donors (Lipinski definition) is 1. The molecule has 1 saturated heterocycles. The first-order valence-electron chi connectivity index (χ1n) is 6.69. The van der Waals surface area contributed by atoms with Gasteiger partial charge in [-0.05, 0) is 32.6 Å². The molecule has 2 amide bonds. The fourth-order valence-electron chi connectivity index (χ4n) is 2.64. The Balaban J connectivity index is 2.12. The summed E-state index contributed by atoms with van der Waals surface area (Å²) in [6.45, 7) is 2.49. The Morgan fingerprint density at radius 1 is 1.53 bits per heavy atom. The first-order chi connectivity index (χ1) is 9.00. The van der Waals surface area contributed by atoms with Crippen LogP contribution in [0, 0.1) is 11.3 Å². The SMILES string of the molecule is CC1(C(=O)O)CCCN1C(=O)N(CCC#N)C1CC1. The van der Waals surface area contributed by atoms with Gasteiger partial charge in [-0.3, -0.25) is 0 Å². The lowest BCUT2D eigenvalue weighted by atomic mass is 10.00. The van der Waals surface area contributed by atoms with Crippen LogP contribution in [0.4, 0.5) is 4.79 Å². The summed E-state index contributed by atoms with van der Waals surface area (Å²) < 4.78 is 0. The second-order valence-corrected chi connectivity index (χ2v) is 5.45. The van der Waals surface area contributed by atoms with E-state index in [0.29, 0.717) is 32.4 Å². The topological polar surface area (TPSA) is 84.6 Å². The molecule has 1 N–H and O–H groups in total. The van der Waals surface area contributed by atoms with Crippen molar-refractivity contribution in [1.29, 1.82) is 5.26 Å². The van der Waals surface area contributed by atoms with Crippen LogP contribution in [-0.2, 0) is 4.79 Å². The molecule has 0 radical (unpaired) electrons. The van der Waals surface area contributed by atoms with Crippen molar-refractivity contribution >= 4 is 12.0 Å². The number of carboxylic acids is 1. The van der Waals surface area contributed by atoms with Crippen LogP contribution in [0.5, 0.6) is 0 Å². The molecule has 0 aromatic rings. The van der Waals surface area contributed by atoms with E-state index in [1.54, 1.807) is 11.8 Å². The molecule has 6 heteroatoms. The van der Waals surface area contributed by atoms with Gasteiger partial charge >= 0.3 is 12.0 Å². The summed E-state index contributed by atoms with van der Waals surface area (Å²) in [6, 6.07) is 2.01. The maximum Gasteiger partial charge on any atom is 0.329 e. The van der Waals surface area contributed by atoms with Crippen LogP contribution in [0.25, 0.3) is 0 Å². The zero-order valence-electron chi connectivity index (χ0n) is 11.1. The first kappa shape index (κ1) is 13.7. The number of urea groups is 1. The van der Waals surface area contributed by atoms with E-state index in [-0.39, 0.29) is 12.1 Å². The zero-order chi connectivity index (χ0) is 14.0. The molecule has 6 nitrogen and oxygen atoms in total. The van der Waals surface area contributed by atoms with Crippen LogP contribution in [0.2, 0.25) is 0 Å². The van der Waals surface area contributed by atoms with Crippen LogP contribution in [-0.4, -0.2) is 51.6 Å². The lowest BCUT2D eigenvalue weighted by molar-refractivity contribution is -0.147. The van der Waals surface area contributed by atoms with E-state index in [1.807, 2.05) is 6.07 Å². The van der Waals surface area contributed by atoms with Gasteiger partial charge < -0.3 is 14.9 Å². The van der Waals surface area contributed by atoms with Gasteiger partial charge in [0.05, 0.1) is 12.5 Å². The molecular formula is C13H19N3O3. The molecular weight excluding hydrogens is 246 g/mol. The van der Waals surface area contributed by atoms with Crippen molar-refractivity contribution < 1.29 is 14.7 Å². The summed E-state index contributed by atoms with van der Waals surface area (Å²) in [4.78, 5) is 27.1. The van der Waals surface area contributed by atoms with Gasteiger partial charge in [-0.2, -0.15) is 5.26 Å². The number of likely N-dealkylation sites (tertiary alicyclic amines) is 1. The summed E-state index contributed by atoms with van der Waals surface area (Å²) in [6.07, 6.45) is 3.40. The molecule has 1 atom stereocenters. The fraction of sp³-hybridized carbons (Fsp3) is 0.769. The van der Waals surface area contributed by atoms with Crippen molar-refractivity contribution in [3.8, 4) is 6.07 Å². The van der Waals surface area contributed by atoms with Crippen molar-refractivity contribution in [2.45, 2.75) is 50.6 Å². The van der Waals surface area contributed by atoms with Gasteiger partial charge in [0.1, 0.15) is 5.54 Å². The number of carboxylic acid groups (broad SMARTS) is 1. The van der Waals surface area contributed by atoms with Crippen LogP contribution in [0.1, 0.15) is 39.0 Å². The third kappa shape index (κ3) is 2.50. The minimum atomic E-state index is -1.10. The minimum Gasteiger partial charge on any atom is -0.480 e. The quantitative estimate of drug-likeness (QED) is 0.833. The fourth-order valence-corrected chi connectivity index (χ4v) is 2.64. The number of nitrogens with zero attached hydrogens (tertiary/aromatic N) is 3. The number of aliphatic carboxylic acids is 1. The van der Waals surface area contributed by atoms with Gasteiger partial charge in [0.25, 0.3) is 0 Å². The Kier molecular flexibility index (Phi) is 3.65. The predicted molar refractivity (Wildman–Crippen MR) is 67.3 cm³/mol. The van der Waals surface area contributed by atoms with Crippen molar-refractivity contribution in [2.24, 2.45) is 0 Å². The van der Waals surface area contributed by atoms with E-state index in [2.05, 4.69) is 0 Å². The molecule has 1 aliphatic heterocycles. The maximum absolute atomic E-state index is 12.5. The van der Waals surface area contributed by atoms with Crippen molar-refractivity contribution in [2.75, 3.05) is 13.1 Å². The molecule has 1 aliphatic carbocycles. The Morgan fingerprint density at radius 3 is 2.74 bits per heavy atom. The Morgan fingerprint density at radius 2 is 2.21 bits per heavy atom. The van der Waals surface area contributed by atoms with Crippen molar-refractivity contribution in [1.82, 2.24) is 9.80 Å². The second-order valence-electron chi connectivity index (χ2n) is 5.45. The van der Waals surface area contributed by atoms with E-state index in [1.165, 1.54) is 4.90 Å². The van der Waals surface area contributed by atoms with E-state index in [0.717, 1.165) is 12.8 Å². The second kappa shape index (κ2) is 5.08. The third-order valence-corrected chi connectivity index (χ3v) is 4.03. The van der Waals surface area contributed by atoms with Crippen molar-refractivity contribution in [3.05, 3.63) is 0 Å². The number of amides is 2. The van der Waals surface area contributed by atoms with E-state index in [4.69, 9.17) is 5.26 Å². The highest BCUT2D eigenvalue weighted by molar-refractivity contribution is 5.87. The number of carbonyl (C=O) groups is 2. The molecule has 2 aliphatic rings. The van der Waals surface area contributed by atoms with Gasteiger partial charge in [-0.15, -0.1) is 0 Å². The van der Waals surface area contributed by atoms with E-state index < -0.39 is 11.5 Å². The Hall–Kier alpha value is -1.77. The standard InChI is InChI=1S/C13H19N3O3/c1-13(11(17)18)6-2-9-16(13)12(19)15(8-3-7-14)10-4-5-10/h10H,2-6,8-9H2,1H3,(H,17,18). The number of nitriles is 1. The molecule has 19 heavy (non-hydrogen) atoms. The van der Waals surface area contributed by atoms with Crippen molar-refractivity contribution in [3.63, 3.8) is 0 Å². The maximum atomic E-state index is 12.5. The molecule has 104 valence electrons. The van der Waals surface area contributed by atoms with Crippen LogP contribution >= 0.6 is 0 Å². The number of hydrogen-bond acceptors (Lipinski definition) is 3. The van der Waals surface area contributed by atoms with Gasteiger partial charge in [-0.25, -0.2) is 9.59 Å². The average Bonchev–Trinajstić information content (AvgIpc) is 3.12. The molecule has 1 heterocycles. The van der Waals surface area contributed by atoms with E-state index >= 15 is 0 Å². The number of carbonyl (C=O) groups excluding carboxylic acids is 1. The molecule has 2 fully saturated rings. The normalized spacial score (nSPS) is 26.0. The first-order valence-corrected chi connectivity index (χ1v) is 6.69. The molecule has 2 rings (SSSR count). The van der Waals surface area contributed by atoms with Gasteiger partial charge in [0.2, 0.25) is 0 Å². The predicted octanol–water partition coefficient (Wildman–Crippen LogP) is 1.42. The van der Waals surface area contributed by atoms with Crippen LogP contribution in [0.15, 0.2) is 0 Å². The van der Waals surface area contributed by atoms with Gasteiger partial charge in [0, 0.05) is 19.1 Å². The summed E-state index contributed by atoms with van der Waals surface area (Å²) in [7, 11) is 0. The molecule has 1 unspecified atom stereocenters. The smallest absolute Gasteiger partial charge is 0.329 e. The van der Waals surface area contributed by atoms with Gasteiger partial charge in [-0.1, -0.05) is 0 Å². The highest BCUT2D eigenvalue weighted by atomic mass is 16.4. The van der Waals surface area contributed by atoms with Crippen LogP contribution < -0.4 is 0 Å². The minimum absolute atomic E-state index is 0.194. The molecule has 0 aromatic carbocycles. The lowest BCUT2D eigenvalue weighted by Crippen LogP contribution is -2.55. The lowest BCUT2D eigenvalue weighted by Gasteiger charge is -2.35. The monoisotopic (exact) mass is 265 g/mol. The highest BCUT2D eigenvalue weighted by Crippen LogP contribution is 2.34. The number of rotatable bonds is 4. The summed E-state index contributed by atoms with van der Waals surface area (Å²) in [5.41, 5.74) is -1.10. The Bertz CT molecular complexity index is 427. The third-order valence-electron chi connectivity index (χ3n) is 4.03. The van der Waals surface area contributed by atoms with Gasteiger partial charge in [0.15, 0.2) is 0 Å². The molecule has 0 bridgehead atoms. The van der Waals surface area contributed by atoms with E-state index in [9.17, 15) is 14.7 Å². The zero-order valence-corrected chi connectivity index (χ0v) is 11.1. The summed E-state index contributed by atoms with van der Waals surface area (Å²) in [5, 5.41) is 18.0.